The summed E-state index contributed by atoms with van der Waals surface area (Å²) in [5.41, 5.74) is -3.48. The first kappa shape index (κ1) is 17.3. The third kappa shape index (κ3) is 4.38. The largest absolute Gasteiger partial charge is 0.574 e. The maximum atomic E-state index is 12.9. The second-order valence-corrected chi connectivity index (χ2v) is 3.77. The standard InChI is InChI=1S/C10H6ClF6NO3/c1-20-8(19)7-4(9(12,13)14)2-6(18-5(7)3-11)21-10(15,16)17/h2H,3H2,1H3. The lowest BCUT2D eigenvalue weighted by molar-refractivity contribution is -0.276. The fourth-order valence-corrected chi connectivity index (χ4v) is 1.59. The summed E-state index contributed by atoms with van der Waals surface area (Å²) in [5.74, 6) is -3.55. The Bertz CT molecular complexity index is 543. The third-order valence-electron chi connectivity index (χ3n) is 2.11. The van der Waals surface area contributed by atoms with Crippen LogP contribution in [-0.2, 0) is 16.8 Å². The lowest BCUT2D eigenvalue weighted by atomic mass is 10.1. The molecule has 21 heavy (non-hydrogen) atoms. The van der Waals surface area contributed by atoms with Gasteiger partial charge >= 0.3 is 18.5 Å². The molecule has 0 atom stereocenters. The highest BCUT2D eigenvalue weighted by molar-refractivity contribution is 6.17. The van der Waals surface area contributed by atoms with Crippen molar-refractivity contribution in [1.82, 2.24) is 4.98 Å². The Morgan fingerprint density at radius 2 is 1.86 bits per heavy atom. The van der Waals surface area contributed by atoms with Crippen LogP contribution in [0.4, 0.5) is 26.3 Å². The number of esters is 1. The minimum Gasteiger partial charge on any atom is -0.465 e. The van der Waals surface area contributed by atoms with Crippen molar-refractivity contribution in [3.05, 3.63) is 22.9 Å². The molecule has 0 spiro atoms. The van der Waals surface area contributed by atoms with Crippen molar-refractivity contribution < 1.29 is 40.6 Å². The summed E-state index contributed by atoms with van der Waals surface area (Å²) in [6.45, 7) is 0. The zero-order chi connectivity index (χ0) is 16.4. The Hall–Kier alpha value is -1.71. The summed E-state index contributed by atoms with van der Waals surface area (Å²) in [5, 5.41) is 0. The Kier molecular flexibility index (Phi) is 4.92. The number of carbonyl (C=O) groups excluding carboxylic acids is 1. The van der Waals surface area contributed by atoms with Crippen LogP contribution in [0.5, 0.6) is 5.88 Å². The zero-order valence-corrected chi connectivity index (χ0v) is 10.9. The number of hydrogen-bond acceptors (Lipinski definition) is 4. The fourth-order valence-electron chi connectivity index (χ4n) is 1.39. The highest BCUT2D eigenvalue weighted by Crippen LogP contribution is 2.36. The molecule has 0 unspecified atom stereocenters. The molecule has 11 heteroatoms. The number of nitrogens with zero attached hydrogens (tertiary/aromatic N) is 1. The molecule has 0 aromatic carbocycles. The van der Waals surface area contributed by atoms with Gasteiger partial charge in [-0.25, -0.2) is 9.78 Å². The number of hydrogen-bond donors (Lipinski definition) is 0. The smallest absolute Gasteiger partial charge is 0.465 e. The van der Waals surface area contributed by atoms with Crippen molar-refractivity contribution >= 4 is 17.6 Å². The Morgan fingerprint density at radius 3 is 2.24 bits per heavy atom. The van der Waals surface area contributed by atoms with Gasteiger partial charge in [0.1, 0.15) is 0 Å². The van der Waals surface area contributed by atoms with E-state index in [9.17, 15) is 31.1 Å². The number of alkyl halides is 7. The second kappa shape index (κ2) is 5.96. The van der Waals surface area contributed by atoms with Gasteiger partial charge in [0, 0.05) is 6.07 Å². The van der Waals surface area contributed by atoms with Crippen LogP contribution in [0.15, 0.2) is 6.07 Å². The van der Waals surface area contributed by atoms with Crippen LogP contribution in [-0.4, -0.2) is 24.4 Å². The minimum atomic E-state index is -5.24. The topological polar surface area (TPSA) is 48.4 Å². The van der Waals surface area contributed by atoms with E-state index in [-0.39, 0.29) is 6.07 Å². The first-order valence-corrected chi connectivity index (χ1v) is 5.54. The lowest BCUT2D eigenvalue weighted by Gasteiger charge is -2.16. The molecule has 4 nitrogen and oxygen atoms in total. The number of rotatable bonds is 3. The van der Waals surface area contributed by atoms with Crippen molar-refractivity contribution in [2.24, 2.45) is 0 Å². The van der Waals surface area contributed by atoms with Gasteiger partial charge in [-0.1, -0.05) is 0 Å². The maximum absolute atomic E-state index is 12.9. The molecule has 1 heterocycles. The van der Waals surface area contributed by atoms with Gasteiger partial charge in [-0.05, 0) is 0 Å². The summed E-state index contributed by atoms with van der Waals surface area (Å²) >= 11 is 5.32. The Labute approximate surface area is 118 Å². The Balaban J connectivity index is 3.54. The van der Waals surface area contributed by atoms with E-state index in [0.717, 1.165) is 7.11 Å². The van der Waals surface area contributed by atoms with Crippen molar-refractivity contribution in [2.75, 3.05) is 7.11 Å². The number of ether oxygens (including phenoxy) is 2. The summed E-state index contributed by atoms with van der Waals surface area (Å²) in [6.07, 6.45) is -10.4. The van der Waals surface area contributed by atoms with E-state index in [0.29, 0.717) is 0 Å². The monoisotopic (exact) mass is 337 g/mol. The van der Waals surface area contributed by atoms with E-state index in [1.54, 1.807) is 0 Å². The van der Waals surface area contributed by atoms with Crippen LogP contribution < -0.4 is 4.74 Å². The highest BCUT2D eigenvalue weighted by atomic mass is 35.5. The summed E-state index contributed by atoms with van der Waals surface area (Å²) in [6, 6.07) is -0.0458. The van der Waals surface area contributed by atoms with Gasteiger partial charge in [0.15, 0.2) is 0 Å². The molecule has 0 saturated heterocycles. The molecule has 1 aromatic rings. The Morgan fingerprint density at radius 1 is 1.29 bits per heavy atom. The molecule has 0 saturated carbocycles. The summed E-state index contributed by atoms with van der Waals surface area (Å²) in [7, 11) is 0.806. The molecule has 118 valence electrons. The molecule has 0 fully saturated rings. The van der Waals surface area contributed by atoms with Crippen LogP contribution in [0.25, 0.3) is 0 Å². The van der Waals surface area contributed by atoms with Crippen molar-refractivity contribution in [3.8, 4) is 5.88 Å². The molecule has 0 N–H and O–H groups in total. The summed E-state index contributed by atoms with van der Waals surface area (Å²) < 4.78 is 82.2. The first-order chi connectivity index (χ1) is 9.49. The number of carbonyl (C=O) groups is 1. The van der Waals surface area contributed by atoms with Crippen LogP contribution in [0.3, 0.4) is 0 Å². The second-order valence-electron chi connectivity index (χ2n) is 3.50. The molecule has 0 amide bonds. The molecular formula is C10H6ClF6NO3. The predicted molar refractivity (Wildman–Crippen MR) is 56.8 cm³/mol. The zero-order valence-electron chi connectivity index (χ0n) is 10.1. The fraction of sp³-hybridized carbons (Fsp3) is 0.400. The van der Waals surface area contributed by atoms with Gasteiger partial charge in [-0.3, -0.25) is 0 Å². The molecule has 0 bridgehead atoms. The number of aromatic nitrogens is 1. The number of methoxy groups -OCH3 is 1. The predicted octanol–water partition coefficient (Wildman–Crippen LogP) is 3.52. The number of halogens is 7. The molecule has 0 aliphatic carbocycles. The van der Waals surface area contributed by atoms with Gasteiger partial charge in [0.25, 0.3) is 0 Å². The average molecular weight is 338 g/mol. The molecular weight excluding hydrogens is 332 g/mol. The normalized spacial score (nSPS) is 12.2. The lowest BCUT2D eigenvalue weighted by Crippen LogP contribution is -2.22. The summed E-state index contributed by atoms with van der Waals surface area (Å²) in [4.78, 5) is 14.5. The SMILES string of the molecule is COC(=O)c1c(C(F)(F)F)cc(OC(F)(F)F)nc1CCl. The van der Waals surface area contributed by atoms with Crippen molar-refractivity contribution in [1.29, 1.82) is 0 Å². The first-order valence-electron chi connectivity index (χ1n) is 5.00. The van der Waals surface area contributed by atoms with E-state index in [1.807, 2.05) is 0 Å². The van der Waals surface area contributed by atoms with E-state index >= 15 is 0 Å². The number of pyridine rings is 1. The highest BCUT2D eigenvalue weighted by Gasteiger charge is 2.40. The van der Waals surface area contributed by atoms with E-state index < -0.39 is 47.1 Å². The van der Waals surface area contributed by atoms with E-state index in [2.05, 4.69) is 14.5 Å². The van der Waals surface area contributed by atoms with Crippen LogP contribution in [0, 0.1) is 0 Å². The van der Waals surface area contributed by atoms with Gasteiger partial charge in [-0.15, -0.1) is 24.8 Å². The van der Waals surface area contributed by atoms with Gasteiger partial charge in [0.2, 0.25) is 5.88 Å². The molecule has 1 aromatic heterocycles. The van der Waals surface area contributed by atoms with Crippen LogP contribution in [0.2, 0.25) is 0 Å². The quantitative estimate of drug-likeness (QED) is 0.481. The van der Waals surface area contributed by atoms with Crippen LogP contribution in [0.1, 0.15) is 21.6 Å². The van der Waals surface area contributed by atoms with Crippen molar-refractivity contribution in [3.63, 3.8) is 0 Å². The maximum Gasteiger partial charge on any atom is 0.574 e. The molecule has 0 radical (unpaired) electrons. The minimum absolute atomic E-state index is 0.0458. The van der Waals surface area contributed by atoms with Gasteiger partial charge in [0.05, 0.1) is 29.8 Å². The van der Waals surface area contributed by atoms with E-state index in [4.69, 9.17) is 11.6 Å². The molecule has 1 rings (SSSR count). The van der Waals surface area contributed by atoms with Crippen molar-refractivity contribution in [2.45, 2.75) is 18.4 Å². The van der Waals surface area contributed by atoms with Gasteiger partial charge in [-0.2, -0.15) is 13.2 Å². The molecule has 0 aliphatic rings. The van der Waals surface area contributed by atoms with Crippen LogP contribution >= 0.6 is 11.6 Å². The average Bonchev–Trinajstić information content (AvgIpc) is 2.33. The van der Waals surface area contributed by atoms with Gasteiger partial charge < -0.3 is 9.47 Å². The third-order valence-corrected chi connectivity index (χ3v) is 2.37. The van der Waals surface area contributed by atoms with E-state index in [1.165, 1.54) is 0 Å². The molecule has 0 aliphatic heterocycles.